The molecule has 3 aromatic rings. The van der Waals surface area contributed by atoms with Crippen LogP contribution in [-0.2, 0) is 9.59 Å². The second kappa shape index (κ2) is 8.48. The molecule has 1 amide bonds. The second-order valence-corrected chi connectivity index (χ2v) is 7.98. The summed E-state index contributed by atoms with van der Waals surface area (Å²) in [5, 5.41) is 11.5. The number of carbonyl (C=O) groups excluding carboxylic acids is 2. The van der Waals surface area contributed by atoms with Crippen LogP contribution in [0.2, 0.25) is 5.02 Å². The zero-order chi connectivity index (χ0) is 23.0. The number of aliphatic hydroxyl groups is 1. The minimum atomic E-state index is -0.840. The predicted molar refractivity (Wildman–Crippen MR) is 123 cm³/mol. The molecule has 1 saturated heterocycles. The lowest BCUT2D eigenvalue weighted by Crippen LogP contribution is -2.29. The second-order valence-electron chi connectivity index (χ2n) is 7.57. The molecular formula is C25H21ClN2O4. The fourth-order valence-corrected chi connectivity index (χ4v) is 3.98. The molecule has 7 heteroatoms. The van der Waals surface area contributed by atoms with E-state index in [2.05, 4.69) is 4.98 Å². The van der Waals surface area contributed by atoms with Crippen molar-refractivity contribution in [2.45, 2.75) is 19.9 Å². The molecule has 2 aromatic carbocycles. The third-order valence-corrected chi connectivity index (χ3v) is 5.95. The SMILES string of the molecule is COc1cc(/C(O)=C2\C(=O)C(=O)N(c3ccc(C)c(C)c3)C2c2cccnc2)ccc1Cl. The summed E-state index contributed by atoms with van der Waals surface area (Å²) in [6.45, 7) is 3.91. The monoisotopic (exact) mass is 448 g/mol. The van der Waals surface area contributed by atoms with Crippen LogP contribution >= 0.6 is 11.6 Å². The van der Waals surface area contributed by atoms with Gasteiger partial charge in [-0.05, 0) is 66.9 Å². The summed E-state index contributed by atoms with van der Waals surface area (Å²) in [7, 11) is 1.46. The molecule has 1 aromatic heterocycles. The Morgan fingerprint density at radius 3 is 2.53 bits per heavy atom. The number of halogens is 1. The maximum absolute atomic E-state index is 13.2. The summed E-state index contributed by atoms with van der Waals surface area (Å²) in [6, 6.07) is 12.9. The van der Waals surface area contributed by atoms with Gasteiger partial charge in [0.1, 0.15) is 11.5 Å². The van der Waals surface area contributed by atoms with Crippen molar-refractivity contribution < 1.29 is 19.4 Å². The van der Waals surface area contributed by atoms with E-state index in [1.807, 2.05) is 26.0 Å². The van der Waals surface area contributed by atoms with E-state index in [1.165, 1.54) is 18.1 Å². The van der Waals surface area contributed by atoms with Crippen molar-refractivity contribution in [3.63, 3.8) is 0 Å². The van der Waals surface area contributed by atoms with Crippen LogP contribution in [0.1, 0.15) is 28.3 Å². The van der Waals surface area contributed by atoms with Crippen LogP contribution in [0.25, 0.3) is 5.76 Å². The van der Waals surface area contributed by atoms with Gasteiger partial charge in [-0.1, -0.05) is 23.7 Å². The molecule has 0 bridgehead atoms. The lowest BCUT2D eigenvalue weighted by Gasteiger charge is -2.25. The molecule has 162 valence electrons. The number of amides is 1. The van der Waals surface area contributed by atoms with Crippen molar-refractivity contribution in [2.24, 2.45) is 0 Å². The van der Waals surface area contributed by atoms with Gasteiger partial charge < -0.3 is 9.84 Å². The largest absolute Gasteiger partial charge is 0.507 e. The summed E-state index contributed by atoms with van der Waals surface area (Å²) >= 11 is 6.11. The fourth-order valence-electron chi connectivity index (χ4n) is 3.79. The number of Topliss-reactive ketones (excluding diaryl/α,β-unsaturated/α-hetero) is 1. The van der Waals surface area contributed by atoms with E-state index >= 15 is 0 Å². The number of hydrogen-bond acceptors (Lipinski definition) is 5. The minimum absolute atomic E-state index is 0.0226. The number of aliphatic hydroxyl groups excluding tert-OH is 1. The third kappa shape index (κ3) is 3.63. The van der Waals surface area contributed by atoms with Crippen LogP contribution in [0, 0.1) is 13.8 Å². The van der Waals surface area contributed by atoms with E-state index in [0.717, 1.165) is 11.1 Å². The van der Waals surface area contributed by atoms with Crippen LogP contribution in [0.15, 0.2) is 66.5 Å². The number of ketones is 1. The van der Waals surface area contributed by atoms with Gasteiger partial charge in [0.2, 0.25) is 0 Å². The quantitative estimate of drug-likeness (QED) is 0.345. The predicted octanol–water partition coefficient (Wildman–Crippen LogP) is 4.99. The highest BCUT2D eigenvalue weighted by atomic mass is 35.5. The first-order valence-electron chi connectivity index (χ1n) is 9.95. The number of nitrogens with zero attached hydrogens (tertiary/aromatic N) is 2. The smallest absolute Gasteiger partial charge is 0.300 e. The van der Waals surface area contributed by atoms with Crippen molar-refractivity contribution in [1.29, 1.82) is 0 Å². The number of benzene rings is 2. The molecule has 1 unspecified atom stereocenters. The molecule has 6 nitrogen and oxygen atoms in total. The van der Waals surface area contributed by atoms with Gasteiger partial charge in [0, 0.05) is 23.6 Å². The maximum Gasteiger partial charge on any atom is 0.300 e. The molecule has 0 aliphatic carbocycles. The fraction of sp³-hybridized carbons (Fsp3) is 0.160. The number of aryl methyl sites for hydroxylation is 2. The Balaban J connectivity index is 1.95. The number of pyridine rings is 1. The first-order valence-corrected chi connectivity index (χ1v) is 10.3. The van der Waals surface area contributed by atoms with E-state index < -0.39 is 17.7 Å². The highest BCUT2D eigenvalue weighted by Crippen LogP contribution is 2.42. The Hall–Kier alpha value is -3.64. The van der Waals surface area contributed by atoms with Gasteiger partial charge in [-0.3, -0.25) is 19.5 Å². The topological polar surface area (TPSA) is 79.7 Å². The molecule has 2 heterocycles. The van der Waals surface area contributed by atoms with Crippen molar-refractivity contribution in [2.75, 3.05) is 12.0 Å². The van der Waals surface area contributed by atoms with Gasteiger partial charge in [-0.15, -0.1) is 0 Å². The summed E-state index contributed by atoms with van der Waals surface area (Å²) in [6.07, 6.45) is 3.19. The number of methoxy groups -OCH3 is 1. The average molecular weight is 449 g/mol. The number of anilines is 1. The molecule has 0 saturated carbocycles. The van der Waals surface area contributed by atoms with Crippen LogP contribution in [0.5, 0.6) is 5.75 Å². The molecule has 1 fully saturated rings. The van der Waals surface area contributed by atoms with E-state index in [4.69, 9.17) is 16.3 Å². The Kier molecular flexibility index (Phi) is 5.72. The normalized spacial score (nSPS) is 17.6. The zero-order valence-corrected chi connectivity index (χ0v) is 18.6. The minimum Gasteiger partial charge on any atom is -0.507 e. The van der Waals surface area contributed by atoms with Gasteiger partial charge in [-0.25, -0.2) is 0 Å². The Morgan fingerprint density at radius 1 is 1.09 bits per heavy atom. The van der Waals surface area contributed by atoms with Crippen molar-refractivity contribution in [3.05, 3.63) is 93.8 Å². The van der Waals surface area contributed by atoms with Crippen LogP contribution in [0.4, 0.5) is 5.69 Å². The molecule has 1 aliphatic rings. The van der Waals surface area contributed by atoms with Gasteiger partial charge in [0.15, 0.2) is 0 Å². The van der Waals surface area contributed by atoms with E-state index in [0.29, 0.717) is 27.6 Å². The first kappa shape index (κ1) is 21.6. The molecule has 1 atom stereocenters. The Bertz CT molecular complexity index is 1250. The first-order chi connectivity index (χ1) is 15.3. The number of rotatable bonds is 4. The van der Waals surface area contributed by atoms with E-state index in [9.17, 15) is 14.7 Å². The number of hydrogen-bond donors (Lipinski definition) is 1. The molecule has 32 heavy (non-hydrogen) atoms. The van der Waals surface area contributed by atoms with Crippen molar-refractivity contribution >= 4 is 34.7 Å². The highest BCUT2D eigenvalue weighted by molar-refractivity contribution is 6.51. The standard InChI is InChI=1S/C25H21ClN2O4/c1-14-6-8-18(11-15(14)2)28-22(17-5-4-10-27-13-17)21(24(30)25(28)31)23(29)16-7-9-19(26)20(12-16)32-3/h4-13,22,29H,1-3H3/b23-21+. The molecule has 1 N–H and O–H groups in total. The Morgan fingerprint density at radius 2 is 1.88 bits per heavy atom. The number of aromatic nitrogens is 1. The maximum atomic E-state index is 13.2. The number of carbonyl (C=O) groups is 2. The van der Waals surface area contributed by atoms with Crippen LogP contribution in [0.3, 0.4) is 0 Å². The molecule has 4 rings (SSSR count). The lowest BCUT2D eigenvalue weighted by molar-refractivity contribution is -0.132. The van der Waals surface area contributed by atoms with Crippen LogP contribution in [-0.4, -0.2) is 28.9 Å². The molecule has 0 spiro atoms. The highest BCUT2D eigenvalue weighted by Gasteiger charge is 2.47. The van der Waals surface area contributed by atoms with Crippen molar-refractivity contribution in [1.82, 2.24) is 4.98 Å². The average Bonchev–Trinajstić information content (AvgIpc) is 3.06. The summed E-state index contributed by atoms with van der Waals surface area (Å²) < 4.78 is 5.23. The van der Waals surface area contributed by atoms with E-state index in [-0.39, 0.29) is 11.3 Å². The van der Waals surface area contributed by atoms with Gasteiger partial charge in [0.05, 0.1) is 23.7 Å². The summed E-state index contributed by atoms with van der Waals surface area (Å²) in [4.78, 5) is 31.9. The van der Waals surface area contributed by atoms with Crippen LogP contribution < -0.4 is 9.64 Å². The molecular weight excluding hydrogens is 428 g/mol. The lowest BCUT2D eigenvalue weighted by atomic mass is 9.96. The summed E-state index contributed by atoms with van der Waals surface area (Å²) in [5.41, 5.74) is 3.52. The van der Waals surface area contributed by atoms with Gasteiger partial charge in [0.25, 0.3) is 11.7 Å². The molecule has 0 radical (unpaired) electrons. The third-order valence-electron chi connectivity index (χ3n) is 5.64. The van der Waals surface area contributed by atoms with Gasteiger partial charge >= 0.3 is 0 Å². The zero-order valence-electron chi connectivity index (χ0n) is 17.8. The Labute approximate surface area is 190 Å². The number of ether oxygens (including phenoxy) is 1. The summed E-state index contributed by atoms with van der Waals surface area (Å²) in [5.74, 6) is -1.45. The van der Waals surface area contributed by atoms with Gasteiger partial charge in [-0.2, -0.15) is 0 Å². The molecule has 1 aliphatic heterocycles. The van der Waals surface area contributed by atoms with Crippen molar-refractivity contribution in [3.8, 4) is 5.75 Å². The van der Waals surface area contributed by atoms with E-state index in [1.54, 1.807) is 42.7 Å².